The smallest absolute Gasteiger partial charge is 0.308 e. The van der Waals surface area contributed by atoms with Gasteiger partial charge in [-0.3, -0.25) is 9.59 Å². The fourth-order valence-corrected chi connectivity index (χ4v) is 1.95. The summed E-state index contributed by atoms with van der Waals surface area (Å²) in [5, 5.41) is 0. The van der Waals surface area contributed by atoms with Gasteiger partial charge in [-0.05, 0) is 18.8 Å². The van der Waals surface area contributed by atoms with Crippen LogP contribution in [0.15, 0.2) is 0 Å². The Balaban J connectivity index is 2.08. The molecule has 0 aliphatic heterocycles. The highest BCUT2D eigenvalue weighted by Crippen LogP contribution is 2.26. The maximum Gasteiger partial charge on any atom is 0.308 e. The Morgan fingerprint density at radius 3 is 2.31 bits per heavy atom. The molecule has 4 nitrogen and oxygen atoms in total. The van der Waals surface area contributed by atoms with Crippen LogP contribution in [0.4, 0.5) is 0 Å². The standard InChI is InChI=1S/C12H20O4/c1-2-11(13)15-9-16-12(14)8-10-6-4-3-5-7-10/h10H,2-9H2,1H3. The summed E-state index contributed by atoms with van der Waals surface area (Å²) in [7, 11) is 0. The first kappa shape index (κ1) is 13.0. The molecule has 0 unspecified atom stereocenters. The lowest BCUT2D eigenvalue weighted by Gasteiger charge is -2.20. The largest absolute Gasteiger partial charge is 0.428 e. The van der Waals surface area contributed by atoms with E-state index < -0.39 is 0 Å². The number of carbonyl (C=O) groups is 2. The maximum atomic E-state index is 11.4. The summed E-state index contributed by atoms with van der Waals surface area (Å²) >= 11 is 0. The van der Waals surface area contributed by atoms with Crippen LogP contribution in [0.3, 0.4) is 0 Å². The van der Waals surface area contributed by atoms with Gasteiger partial charge in [0.2, 0.25) is 6.79 Å². The summed E-state index contributed by atoms with van der Waals surface area (Å²) in [5.41, 5.74) is 0. The lowest BCUT2D eigenvalue weighted by Crippen LogP contribution is -2.16. The molecule has 0 aromatic rings. The van der Waals surface area contributed by atoms with Crippen molar-refractivity contribution in [2.24, 2.45) is 5.92 Å². The normalized spacial score (nSPS) is 16.8. The molecule has 0 aromatic heterocycles. The molecular formula is C12H20O4. The van der Waals surface area contributed by atoms with Gasteiger partial charge in [0.15, 0.2) is 0 Å². The zero-order chi connectivity index (χ0) is 11.8. The number of rotatable bonds is 5. The van der Waals surface area contributed by atoms with Gasteiger partial charge < -0.3 is 9.47 Å². The van der Waals surface area contributed by atoms with Gasteiger partial charge in [0.05, 0.1) is 0 Å². The Morgan fingerprint density at radius 2 is 1.69 bits per heavy atom. The molecule has 0 atom stereocenters. The number of ether oxygens (including phenoxy) is 2. The number of hydrogen-bond acceptors (Lipinski definition) is 4. The van der Waals surface area contributed by atoms with E-state index in [1.807, 2.05) is 0 Å². The molecule has 0 aromatic carbocycles. The fourth-order valence-electron chi connectivity index (χ4n) is 1.95. The minimum absolute atomic E-state index is 0.238. The summed E-state index contributed by atoms with van der Waals surface area (Å²) < 4.78 is 9.50. The zero-order valence-corrected chi connectivity index (χ0v) is 9.87. The molecular weight excluding hydrogens is 208 g/mol. The molecule has 92 valence electrons. The first-order chi connectivity index (χ1) is 7.72. The molecule has 0 saturated heterocycles. The van der Waals surface area contributed by atoms with Crippen molar-refractivity contribution in [3.63, 3.8) is 0 Å². The minimum atomic E-state index is -0.342. The van der Waals surface area contributed by atoms with Crippen molar-refractivity contribution in [3.8, 4) is 0 Å². The molecule has 1 fully saturated rings. The van der Waals surface area contributed by atoms with Crippen molar-refractivity contribution in [3.05, 3.63) is 0 Å². The molecule has 1 saturated carbocycles. The lowest BCUT2D eigenvalue weighted by molar-refractivity contribution is -0.167. The molecule has 4 heteroatoms. The van der Waals surface area contributed by atoms with Crippen molar-refractivity contribution < 1.29 is 19.1 Å². The van der Waals surface area contributed by atoms with E-state index in [1.54, 1.807) is 6.92 Å². The Hall–Kier alpha value is -1.06. The van der Waals surface area contributed by atoms with E-state index in [-0.39, 0.29) is 18.7 Å². The topological polar surface area (TPSA) is 52.6 Å². The first-order valence-electron chi connectivity index (χ1n) is 6.03. The summed E-state index contributed by atoms with van der Waals surface area (Å²) in [4.78, 5) is 22.1. The molecule has 0 amide bonds. The molecule has 16 heavy (non-hydrogen) atoms. The Morgan fingerprint density at radius 1 is 1.06 bits per heavy atom. The van der Waals surface area contributed by atoms with Gasteiger partial charge in [0.1, 0.15) is 0 Å². The maximum absolute atomic E-state index is 11.4. The van der Waals surface area contributed by atoms with E-state index in [4.69, 9.17) is 4.74 Å². The van der Waals surface area contributed by atoms with Crippen molar-refractivity contribution in [2.45, 2.75) is 51.9 Å². The Labute approximate surface area is 96.3 Å². The molecule has 1 rings (SSSR count). The number of carbonyl (C=O) groups excluding carboxylic acids is 2. The number of hydrogen-bond donors (Lipinski definition) is 0. The van der Waals surface area contributed by atoms with Crippen molar-refractivity contribution in [1.29, 1.82) is 0 Å². The second-order valence-electron chi connectivity index (χ2n) is 4.21. The van der Waals surface area contributed by atoms with Crippen LogP contribution in [-0.4, -0.2) is 18.7 Å². The quantitative estimate of drug-likeness (QED) is 0.535. The van der Waals surface area contributed by atoms with Gasteiger partial charge in [-0.2, -0.15) is 0 Å². The molecule has 0 heterocycles. The lowest BCUT2D eigenvalue weighted by atomic mass is 9.87. The van der Waals surface area contributed by atoms with Crippen molar-refractivity contribution >= 4 is 11.9 Å². The van der Waals surface area contributed by atoms with Crippen LogP contribution in [0.1, 0.15) is 51.9 Å². The monoisotopic (exact) mass is 228 g/mol. The first-order valence-corrected chi connectivity index (χ1v) is 6.03. The molecule has 0 radical (unpaired) electrons. The average molecular weight is 228 g/mol. The predicted molar refractivity (Wildman–Crippen MR) is 58.5 cm³/mol. The van der Waals surface area contributed by atoms with Crippen LogP contribution in [0.2, 0.25) is 0 Å². The third kappa shape index (κ3) is 5.14. The highest BCUT2D eigenvalue weighted by atomic mass is 16.7. The van der Waals surface area contributed by atoms with Crippen molar-refractivity contribution in [2.75, 3.05) is 6.79 Å². The van der Waals surface area contributed by atoms with Crippen LogP contribution in [0.5, 0.6) is 0 Å². The fraction of sp³-hybridized carbons (Fsp3) is 0.833. The zero-order valence-electron chi connectivity index (χ0n) is 9.87. The van der Waals surface area contributed by atoms with Crippen molar-refractivity contribution in [1.82, 2.24) is 0 Å². The van der Waals surface area contributed by atoms with Gasteiger partial charge in [-0.1, -0.05) is 26.2 Å². The van der Waals surface area contributed by atoms with E-state index in [0.29, 0.717) is 18.8 Å². The Bertz CT molecular complexity index is 231. The van der Waals surface area contributed by atoms with Crippen LogP contribution in [0.25, 0.3) is 0 Å². The molecule has 1 aliphatic rings. The summed E-state index contributed by atoms with van der Waals surface area (Å²) in [6.45, 7) is 1.46. The third-order valence-electron chi connectivity index (χ3n) is 2.91. The van der Waals surface area contributed by atoms with E-state index in [2.05, 4.69) is 4.74 Å². The van der Waals surface area contributed by atoms with Gasteiger partial charge in [0.25, 0.3) is 0 Å². The van der Waals surface area contributed by atoms with E-state index in [9.17, 15) is 9.59 Å². The van der Waals surface area contributed by atoms with Crippen LogP contribution < -0.4 is 0 Å². The predicted octanol–water partition coefficient (Wildman–Crippen LogP) is 2.41. The molecule has 1 aliphatic carbocycles. The van der Waals surface area contributed by atoms with Crippen LogP contribution in [0, 0.1) is 5.92 Å². The second kappa shape index (κ2) is 7.25. The molecule has 0 N–H and O–H groups in total. The number of esters is 2. The second-order valence-corrected chi connectivity index (χ2v) is 4.21. The van der Waals surface area contributed by atoms with E-state index >= 15 is 0 Å². The summed E-state index contributed by atoms with van der Waals surface area (Å²) in [6, 6.07) is 0. The van der Waals surface area contributed by atoms with Gasteiger partial charge in [0, 0.05) is 12.8 Å². The van der Waals surface area contributed by atoms with Gasteiger partial charge in [-0.25, -0.2) is 0 Å². The van der Waals surface area contributed by atoms with Crippen LogP contribution in [-0.2, 0) is 19.1 Å². The molecule has 0 bridgehead atoms. The van der Waals surface area contributed by atoms with Gasteiger partial charge >= 0.3 is 11.9 Å². The molecule has 0 spiro atoms. The third-order valence-corrected chi connectivity index (χ3v) is 2.91. The van der Waals surface area contributed by atoms with Crippen LogP contribution >= 0.6 is 0 Å². The highest BCUT2D eigenvalue weighted by Gasteiger charge is 2.17. The SMILES string of the molecule is CCC(=O)OCOC(=O)CC1CCCCC1. The highest BCUT2D eigenvalue weighted by molar-refractivity contribution is 5.71. The average Bonchev–Trinajstić information content (AvgIpc) is 2.30. The summed E-state index contributed by atoms with van der Waals surface area (Å²) in [6.07, 6.45) is 6.70. The van der Waals surface area contributed by atoms with E-state index in [1.165, 1.54) is 19.3 Å². The van der Waals surface area contributed by atoms with Gasteiger partial charge in [-0.15, -0.1) is 0 Å². The minimum Gasteiger partial charge on any atom is -0.428 e. The van der Waals surface area contributed by atoms with E-state index in [0.717, 1.165) is 12.8 Å². The Kier molecular flexibility index (Phi) is 5.90. The summed E-state index contributed by atoms with van der Waals surface area (Å²) in [5.74, 6) is -0.135.